The van der Waals surface area contributed by atoms with E-state index in [2.05, 4.69) is 38.4 Å². The second-order valence-corrected chi connectivity index (χ2v) is 8.66. The Balaban J connectivity index is 0.00000162. The Kier molecular flexibility index (Phi) is 8.20. The van der Waals surface area contributed by atoms with Gasteiger partial charge in [-0.15, -0.1) is 24.8 Å². The minimum atomic E-state index is -0.190. The molecule has 0 radical (unpaired) electrons. The van der Waals surface area contributed by atoms with Gasteiger partial charge in [-0.05, 0) is 64.5 Å². The number of carbonyl (C=O) groups excluding carboxylic acids is 1. The van der Waals surface area contributed by atoms with Crippen LogP contribution in [0, 0.1) is 6.92 Å². The first-order valence-corrected chi connectivity index (χ1v) is 11.2. The zero-order valence-electron chi connectivity index (χ0n) is 19.4. The molecule has 1 fully saturated rings. The zero-order valence-corrected chi connectivity index (χ0v) is 21.0. The molecule has 1 aliphatic heterocycles. The maximum atomic E-state index is 13.0. The van der Waals surface area contributed by atoms with Crippen LogP contribution in [0.5, 0.6) is 0 Å². The Morgan fingerprint density at radius 2 is 2.09 bits per heavy atom. The highest BCUT2D eigenvalue weighted by Gasteiger charge is 2.24. The first kappa shape index (κ1) is 26.0. The van der Waals surface area contributed by atoms with E-state index in [1.54, 1.807) is 0 Å². The second kappa shape index (κ2) is 10.7. The third kappa shape index (κ3) is 4.90. The Hall–Kier alpha value is -2.65. The molecule has 1 amide bonds. The number of nitrogens with one attached hydrogen (secondary N) is 2. The Morgan fingerprint density at radius 1 is 1.26 bits per heavy atom. The standard InChI is InChI=1S/C24H29N7O.2ClH/c1-15-18-7-6-16(12-22(18)31(29-15)10-4-8-25)24(32)28-23-13-19-17(14-26-23)11-20(27-19)21-5-3-9-30(21)2;;/h6-7,11-14,21,27H,3-5,8-10,25H2,1-2H3,(H,26,28,32);2*1H/t21-;;/m1../s1. The summed E-state index contributed by atoms with van der Waals surface area (Å²) in [6.45, 7) is 4.43. The number of anilines is 1. The highest BCUT2D eigenvalue weighted by Crippen LogP contribution is 2.32. The molecule has 0 aliphatic carbocycles. The fourth-order valence-corrected chi connectivity index (χ4v) is 4.68. The fraction of sp³-hybridized carbons (Fsp3) is 0.375. The van der Waals surface area contributed by atoms with Crippen LogP contribution in [0.1, 0.15) is 47.1 Å². The highest BCUT2D eigenvalue weighted by molar-refractivity contribution is 6.06. The molecule has 34 heavy (non-hydrogen) atoms. The number of aromatic amines is 1. The number of hydrogen-bond donors (Lipinski definition) is 3. The van der Waals surface area contributed by atoms with Gasteiger partial charge in [0, 0.05) is 46.9 Å². The van der Waals surface area contributed by atoms with Crippen LogP contribution in [0.25, 0.3) is 21.8 Å². The minimum absolute atomic E-state index is 0. The first-order valence-electron chi connectivity index (χ1n) is 11.2. The average Bonchev–Trinajstić information content (AvgIpc) is 3.48. The monoisotopic (exact) mass is 503 g/mol. The topological polar surface area (TPSA) is 105 Å². The number of pyridine rings is 1. The van der Waals surface area contributed by atoms with Crippen molar-refractivity contribution < 1.29 is 4.79 Å². The van der Waals surface area contributed by atoms with E-state index in [0.717, 1.165) is 53.4 Å². The molecule has 1 atom stereocenters. The number of nitrogens with two attached hydrogens (primary N) is 1. The van der Waals surface area contributed by atoms with Crippen molar-refractivity contribution in [1.29, 1.82) is 0 Å². The van der Waals surface area contributed by atoms with Gasteiger partial charge in [-0.3, -0.25) is 14.4 Å². The van der Waals surface area contributed by atoms with E-state index in [-0.39, 0.29) is 30.7 Å². The van der Waals surface area contributed by atoms with Crippen LogP contribution in [-0.4, -0.2) is 50.7 Å². The normalized spacial score (nSPS) is 15.9. The fourth-order valence-electron chi connectivity index (χ4n) is 4.68. The Bertz CT molecular complexity index is 1300. The molecule has 1 aromatic carbocycles. The number of rotatable bonds is 6. The van der Waals surface area contributed by atoms with Crippen LogP contribution in [0.3, 0.4) is 0 Å². The molecule has 10 heteroatoms. The van der Waals surface area contributed by atoms with E-state index in [1.165, 1.54) is 12.1 Å². The van der Waals surface area contributed by atoms with Gasteiger partial charge in [-0.1, -0.05) is 6.07 Å². The minimum Gasteiger partial charge on any atom is -0.357 e. The van der Waals surface area contributed by atoms with Crippen LogP contribution >= 0.6 is 24.8 Å². The number of halogens is 2. The van der Waals surface area contributed by atoms with Crippen molar-refractivity contribution in [2.24, 2.45) is 5.73 Å². The van der Waals surface area contributed by atoms with Crippen molar-refractivity contribution in [2.45, 2.75) is 38.8 Å². The Labute approximate surface area is 211 Å². The molecule has 0 saturated carbocycles. The number of amides is 1. The van der Waals surface area contributed by atoms with Gasteiger partial charge in [-0.2, -0.15) is 5.10 Å². The van der Waals surface area contributed by atoms with E-state index < -0.39 is 0 Å². The third-order valence-corrected chi connectivity index (χ3v) is 6.42. The van der Waals surface area contributed by atoms with Crippen molar-refractivity contribution in [2.75, 3.05) is 25.5 Å². The highest BCUT2D eigenvalue weighted by atomic mass is 35.5. The molecule has 3 aromatic heterocycles. The summed E-state index contributed by atoms with van der Waals surface area (Å²) in [4.78, 5) is 23.3. The summed E-state index contributed by atoms with van der Waals surface area (Å²) in [6, 6.07) is 10.2. The summed E-state index contributed by atoms with van der Waals surface area (Å²) >= 11 is 0. The van der Waals surface area contributed by atoms with Gasteiger partial charge in [0.2, 0.25) is 0 Å². The van der Waals surface area contributed by atoms with E-state index in [0.29, 0.717) is 24.0 Å². The first-order chi connectivity index (χ1) is 15.5. The second-order valence-electron chi connectivity index (χ2n) is 8.66. The number of fused-ring (bicyclic) bond motifs is 2. The quantitative estimate of drug-likeness (QED) is 0.360. The van der Waals surface area contributed by atoms with E-state index in [4.69, 9.17) is 5.73 Å². The van der Waals surface area contributed by atoms with Crippen LogP contribution in [0.4, 0.5) is 5.82 Å². The molecule has 5 rings (SSSR count). The van der Waals surface area contributed by atoms with Crippen molar-refractivity contribution in [3.63, 3.8) is 0 Å². The summed E-state index contributed by atoms with van der Waals surface area (Å²) in [5, 5.41) is 9.64. The average molecular weight is 504 g/mol. The lowest BCUT2D eigenvalue weighted by atomic mass is 10.1. The molecule has 0 spiro atoms. The molecule has 182 valence electrons. The summed E-state index contributed by atoms with van der Waals surface area (Å²) < 4.78 is 1.93. The smallest absolute Gasteiger partial charge is 0.256 e. The maximum absolute atomic E-state index is 13.0. The van der Waals surface area contributed by atoms with E-state index in [1.807, 2.05) is 42.1 Å². The van der Waals surface area contributed by atoms with Crippen LogP contribution < -0.4 is 11.1 Å². The molecule has 4 N–H and O–H groups in total. The number of aryl methyl sites for hydroxylation is 2. The molecule has 0 unspecified atom stereocenters. The zero-order chi connectivity index (χ0) is 22.2. The summed E-state index contributed by atoms with van der Waals surface area (Å²) in [5.74, 6) is 0.342. The van der Waals surface area contributed by atoms with Crippen molar-refractivity contribution in [1.82, 2.24) is 24.6 Å². The van der Waals surface area contributed by atoms with Crippen molar-refractivity contribution in [3.8, 4) is 0 Å². The van der Waals surface area contributed by atoms with Crippen LogP contribution in [0.15, 0.2) is 36.5 Å². The van der Waals surface area contributed by atoms with Gasteiger partial charge in [0.25, 0.3) is 5.91 Å². The number of aromatic nitrogens is 4. The lowest BCUT2D eigenvalue weighted by molar-refractivity contribution is 0.102. The van der Waals surface area contributed by atoms with Gasteiger partial charge in [0.15, 0.2) is 0 Å². The maximum Gasteiger partial charge on any atom is 0.256 e. The SMILES string of the molecule is Cc1nn(CCCN)c2cc(C(=O)Nc3cc4[nH]c([C@H]5CCCN5C)cc4cn3)ccc12.Cl.Cl. The van der Waals surface area contributed by atoms with Gasteiger partial charge in [0.1, 0.15) is 5.82 Å². The predicted molar refractivity (Wildman–Crippen MR) is 141 cm³/mol. The third-order valence-electron chi connectivity index (χ3n) is 6.42. The molecule has 1 saturated heterocycles. The van der Waals surface area contributed by atoms with Crippen molar-refractivity contribution in [3.05, 3.63) is 53.5 Å². The molecular weight excluding hydrogens is 473 g/mol. The molecular formula is C24H31Cl2N7O. The lowest BCUT2D eigenvalue weighted by Crippen LogP contribution is -2.17. The predicted octanol–water partition coefficient (Wildman–Crippen LogP) is 4.43. The van der Waals surface area contributed by atoms with Crippen LogP contribution in [0.2, 0.25) is 0 Å². The summed E-state index contributed by atoms with van der Waals surface area (Å²) in [5.41, 5.74) is 10.3. The van der Waals surface area contributed by atoms with Gasteiger partial charge >= 0.3 is 0 Å². The van der Waals surface area contributed by atoms with Gasteiger partial charge < -0.3 is 16.0 Å². The largest absolute Gasteiger partial charge is 0.357 e. The summed E-state index contributed by atoms with van der Waals surface area (Å²) in [6.07, 6.45) is 5.02. The number of H-pyrrole nitrogens is 1. The molecule has 4 aromatic rings. The lowest BCUT2D eigenvalue weighted by Gasteiger charge is -2.17. The number of carbonyl (C=O) groups is 1. The molecule has 8 nitrogen and oxygen atoms in total. The number of hydrogen-bond acceptors (Lipinski definition) is 5. The molecule has 0 bridgehead atoms. The number of nitrogens with zero attached hydrogens (tertiary/aromatic N) is 4. The Morgan fingerprint density at radius 3 is 2.82 bits per heavy atom. The summed E-state index contributed by atoms with van der Waals surface area (Å²) in [7, 11) is 2.16. The van der Waals surface area contributed by atoms with E-state index in [9.17, 15) is 4.79 Å². The molecule has 1 aliphatic rings. The van der Waals surface area contributed by atoms with E-state index >= 15 is 0 Å². The number of likely N-dealkylation sites (tertiary alicyclic amines) is 1. The van der Waals surface area contributed by atoms with Crippen LogP contribution in [-0.2, 0) is 6.54 Å². The van der Waals surface area contributed by atoms with Gasteiger partial charge in [0.05, 0.1) is 16.7 Å². The number of benzene rings is 1. The van der Waals surface area contributed by atoms with Gasteiger partial charge in [-0.25, -0.2) is 4.98 Å². The van der Waals surface area contributed by atoms with Crippen molar-refractivity contribution >= 4 is 58.3 Å². The molecule has 4 heterocycles.